The Balaban J connectivity index is 0.918. The van der Waals surface area contributed by atoms with Crippen molar-refractivity contribution in [1.29, 1.82) is 0 Å². The summed E-state index contributed by atoms with van der Waals surface area (Å²) >= 11 is 0. The van der Waals surface area contributed by atoms with Crippen LogP contribution in [-0.2, 0) is 42.6 Å². The highest BCUT2D eigenvalue weighted by atomic mass is 16.8. The number of hydrogen-bond acceptors (Lipinski definition) is 23. The van der Waals surface area contributed by atoms with Crippen molar-refractivity contribution in [2.45, 2.75) is 227 Å². The first-order valence-electron chi connectivity index (χ1n) is 27.7. The van der Waals surface area contributed by atoms with Crippen molar-refractivity contribution in [2.75, 3.05) is 46.8 Å². The molecule has 0 unspecified atom stereocenters. The molecule has 0 aromatic carbocycles. The summed E-state index contributed by atoms with van der Waals surface area (Å²) in [6, 6.07) is 0. The molecule has 0 aromatic rings. The molecule has 29 atom stereocenters. The van der Waals surface area contributed by atoms with Crippen molar-refractivity contribution >= 4 is 0 Å². The smallest absolute Gasteiger partial charge is 0.187 e. The molecule has 8 rings (SSSR count). The van der Waals surface area contributed by atoms with Crippen LogP contribution in [0.3, 0.4) is 0 Å². The molecule has 4 aliphatic carbocycles. The molecule has 75 heavy (non-hydrogen) atoms. The van der Waals surface area contributed by atoms with Gasteiger partial charge in [0.25, 0.3) is 0 Å². The fraction of sp³-hybridized carbons (Fsp3) is 1.00. The van der Waals surface area contributed by atoms with Crippen LogP contribution in [0.2, 0.25) is 0 Å². The van der Waals surface area contributed by atoms with Crippen LogP contribution >= 0.6 is 0 Å². The molecule has 0 radical (unpaired) electrons. The van der Waals surface area contributed by atoms with E-state index < -0.39 is 155 Å². The van der Waals surface area contributed by atoms with Crippen LogP contribution < -0.4 is 0 Å². The molecule has 4 aliphatic heterocycles. The van der Waals surface area contributed by atoms with Crippen LogP contribution in [-0.4, -0.2) is 247 Å². The van der Waals surface area contributed by atoms with Crippen molar-refractivity contribution < 1.29 is 114 Å². The average Bonchev–Trinajstić information content (AvgIpc) is 3.79. The first-order valence-corrected chi connectivity index (χ1v) is 27.7. The second kappa shape index (κ2) is 25.5. The first kappa shape index (κ1) is 60.2. The second-order valence-electron chi connectivity index (χ2n) is 24.0. The molecule has 0 aromatic heterocycles. The van der Waals surface area contributed by atoms with Crippen molar-refractivity contribution in [2.24, 2.45) is 52.3 Å². The predicted molar refractivity (Wildman–Crippen MR) is 257 cm³/mol. The Labute approximate surface area is 438 Å². The number of rotatable bonds is 20. The zero-order chi connectivity index (χ0) is 54.3. The van der Waals surface area contributed by atoms with Gasteiger partial charge in [0, 0.05) is 13.0 Å². The van der Waals surface area contributed by atoms with Crippen molar-refractivity contribution in [1.82, 2.24) is 0 Å². The van der Waals surface area contributed by atoms with Gasteiger partial charge >= 0.3 is 0 Å². The van der Waals surface area contributed by atoms with E-state index in [-0.39, 0.29) is 18.6 Å². The Bertz CT molecular complexity index is 1690. The normalized spacial score (nSPS) is 50.8. The van der Waals surface area contributed by atoms with Crippen molar-refractivity contribution in [3.63, 3.8) is 0 Å². The molecule has 8 fully saturated rings. The zero-order valence-corrected chi connectivity index (χ0v) is 43.8. The highest BCUT2D eigenvalue weighted by Gasteiger charge is 2.61. The third kappa shape index (κ3) is 12.0. The third-order valence-corrected chi connectivity index (χ3v) is 19.9. The van der Waals surface area contributed by atoms with Crippen LogP contribution in [0.25, 0.3) is 0 Å². The molecule has 0 amide bonds. The number of aliphatic hydroxyl groups excluding tert-OH is 14. The molecule has 4 saturated heterocycles. The van der Waals surface area contributed by atoms with Gasteiger partial charge in [0.1, 0.15) is 97.7 Å². The van der Waals surface area contributed by atoms with Crippen LogP contribution in [0.15, 0.2) is 0 Å². The summed E-state index contributed by atoms with van der Waals surface area (Å²) in [5, 5.41) is 148. The predicted octanol–water partition coefficient (Wildman–Crippen LogP) is -2.64. The topological polar surface area (TPSA) is 366 Å². The van der Waals surface area contributed by atoms with E-state index in [4.69, 9.17) is 42.6 Å². The van der Waals surface area contributed by atoms with Gasteiger partial charge in [-0.1, -0.05) is 33.6 Å². The first-order chi connectivity index (χ1) is 35.7. The summed E-state index contributed by atoms with van der Waals surface area (Å²) in [6.45, 7) is 4.12. The van der Waals surface area contributed by atoms with E-state index in [1.54, 1.807) is 0 Å². The summed E-state index contributed by atoms with van der Waals surface area (Å²) in [7, 11) is 1.85. The standard InChI is InChI=1S/C52H90O23/c1-23(28-10-11-29-27-9-8-25-16-26(67-4)12-14-51(25,2)30(27)13-15-52(28,29)3)6-5-7-24(21-68-47-43(65)39(61)45(33(19-55)72-47)74-49-41(63)37(59)35(57)31(17-53)70-49)22-69-48-44(66)40(62)46(34(20-56)73-48)75-50-42(64)38(60)36(58)32(18-54)71-50/h23-50,53-66H,5-22H2,1-4H3/t23-,25-,26-,27+,28-,29+,30+,31+,32+,33+,34+,35+,36+,37-,38-,39+,40+,41+,42+,43+,44+,45+,46+,47+,48+,49+,50+,51+,52-/m1/s1. The third-order valence-electron chi connectivity index (χ3n) is 19.9. The molecule has 0 spiro atoms. The molecule has 23 heteroatoms. The fourth-order valence-corrected chi connectivity index (χ4v) is 15.4. The molecule has 14 N–H and O–H groups in total. The molecule has 0 bridgehead atoms. The lowest BCUT2D eigenvalue weighted by molar-refractivity contribution is -0.363. The Hall–Kier alpha value is -0.920. The van der Waals surface area contributed by atoms with Gasteiger partial charge in [-0.15, -0.1) is 0 Å². The number of ether oxygens (including phenoxy) is 9. The minimum Gasteiger partial charge on any atom is -0.394 e. The van der Waals surface area contributed by atoms with Crippen LogP contribution in [0.5, 0.6) is 0 Å². The largest absolute Gasteiger partial charge is 0.394 e. The highest BCUT2D eigenvalue weighted by Crippen LogP contribution is 2.68. The molecule has 436 valence electrons. The molecule has 4 saturated carbocycles. The van der Waals surface area contributed by atoms with E-state index in [9.17, 15) is 71.5 Å². The van der Waals surface area contributed by atoms with E-state index >= 15 is 0 Å². The quantitative estimate of drug-likeness (QED) is 0.0593. The summed E-state index contributed by atoms with van der Waals surface area (Å²) in [6.07, 6.45) is -19.4. The Morgan fingerprint density at radius 2 is 0.960 bits per heavy atom. The van der Waals surface area contributed by atoms with Gasteiger partial charge in [0.15, 0.2) is 25.2 Å². The van der Waals surface area contributed by atoms with Crippen LogP contribution in [0.1, 0.15) is 97.8 Å². The lowest BCUT2D eigenvalue weighted by Gasteiger charge is -2.61. The van der Waals surface area contributed by atoms with Crippen LogP contribution in [0, 0.1) is 52.3 Å². The Morgan fingerprint density at radius 3 is 1.45 bits per heavy atom. The summed E-state index contributed by atoms with van der Waals surface area (Å²) in [5.41, 5.74) is 0.589. The molecular formula is C52H90O23. The van der Waals surface area contributed by atoms with E-state index in [1.165, 1.54) is 51.4 Å². The Kier molecular flexibility index (Phi) is 20.4. The van der Waals surface area contributed by atoms with Gasteiger partial charge in [0.2, 0.25) is 0 Å². The van der Waals surface area contributed by atoms with Gasteiger partial charge in [-0.2, -0.15) is 0 Å². The maximum absolute atomic E-state index is 11.3. The molecule has 4 heterocycles. The van der Waals surface area contributed by atoms with Gasteiger partial charge in [-0.25, -0.2) is 0 Å². The minimum absolute atomic E-state index is 0.159. The SMILES string of the molecule is CO[C@@H]1CC[C@@]2(C)[C@H](CC[C@@H]3[C@@H]2CC[C@]2(C)[C@@H]([C@H](C)CCCC(CO[C@H]4O[C@@H](CO)[C@H](O[C@@H]5O[C@@H](CO)[C@H](O)[C@@H](O)[C@@H]5O)[C@@H](O)[C@@H]4O)CO[C@H]4O[C@@H](CO)[C@H](O[C@@H]5O[C@@H](CO)[C@H](O)[C@@H](O)[C@@H]5O)[C@@H](O)[C@@H]4O)CC[C@@H]32)C1. The maximum atomic E-state index is 11.3. The molecule has 8 aliphatic rings. The number of hydrogen-bond donors (Lipinski definition) is 14. The minimum atomic E-state index is -1.84. The van der Waals surface area contributed by atoms with E-state index in [1.807, 2.05) is 7.11 Å². The average molecular weight is 1080 g/mol. The number of methoxy groups -OCH3 is 1. The zero-order valence-electron chi connectivity index (χ0n) is 43.8. The van der Waals surface area contributed by atoms with E-state index in [2.05, 4.69) is 20.8 Å². The fourth-order valence-electron chi connectivity index (χ4n) is 15.4. The lowest BCUT2D eigenvalue weighted by atomic mass is 9.44. The summed E-state index contributed by atoms with van der Waals surface area (Å²) < 4.78 is 52.2. The second-order valence-corrected chi connectivity index (χ2v) is 24.0. The summed E-state index contributed by atoms with van der Waals surface area (Å²) in [5.74, 6) is 3.28. The van der Waals surface area contributed by atoms with Gasteiger partial charge < -0.3 is 114 Å². The number of aliphatic hydroxyl groups is 14. The van der Waals surface area contributed by atoms with Gasteiger partial charge in [0.05, 0.1) is 45.7 Å². The molecule has 23 nitrogen and oxygen atoms in total. The van der Waals surface area contributed by atoms with Crippen molar-refractivity contribution in [3.05, 3.63) is 0 Å². The van der Waals surface area contributed by atoms with Crippen molar-refractivity contribution in [3.8, 4) is 0 Å². The molecular weight excluding hydrogens is 993 g/mol. The monoisotopic (exact) mass is 1080 g/mol. The Morgan fingerprint density at radius 1 is 0.493 bits per heavy atom. The highest BCUT2D eigenvalue weighted by molar-refractivity contribution is 5.10. The van der Waals surface area contributed by atoms with Gasteiger partial charge in [-0.05, 0) is 111 Å². The van der Waals surface area contributed by atoms with E-state index in [0.29, 0.717) is 41.6 Å². The lowest BCUT2D eigenvalue weighted by Crippen LogP contribution is -2.65. The van der Waals surface area contributed by atoms with E-state index in [0.717, 1.165) is 31.1 Å². The maximum Gasteiger partial charge on any atom is 0.187 e. The summed E-state index contributed by atoms with van der Waals surface area (Å²) in [4.78, 5) is 0. The van der Waals surface area contributed by atoms with Gasteiger partial charge in [-0.3, -0.25) is 0 Å². The van der Waals surface area contributed by atoms with Crippen LogP contribution in [0.4, 0.5) is 0 Å². The number of fused-ring (bicyclic) bond motifs is 5.